The van der Waals surface area contributed by atoms with Gasteiger partial charge in [-0.1, -0.05) is 6.07 Å². The predicted octanol–water partition coefficient (Wildman–Crippen LogP) is 2.32. The topological polar surface area (TPSA) is 67.6 Å². The average Bonchev–Trinajstić information content (AvgIpc) is 2.45. The quantitative estimate of drug-likeness (QED) is 0.811. The molecule has 1 aliphatic rings. The van der Waals surface area contributed by atoms with Gasteiger partial charge in [0.2, 0.25) is 5.91 Å². The van der Waals surface area contributed by atoms with Gasteiger partial charge in [-0.2, -0.15) is 5.06 Å². The highest BCUT2D eigenvalue weighted by atomic mass is 16.7. The van der Waals surface area contributed by atoms with E-state index in [4.69, 9.17) is 10.6 Å². The molecule has 1 aliphatic heterocycles. The Bertz CT molecular complexity index is 456. The second kappa shape index (κ2) is 7.26. The van der Waals surface area contributed by atoms with Crippen molar-refractivity contribution in [1.29, 1.82) is 0 Å². The van der Waals surface area contributed by atoms with Crippen LogP contribution in [0.1, 0.15) is 31.2 Å². The lowest BCUT2D eigenvalue weighted by molar-refractivity contribution is -0.180. The normalized spacial score (nSPS) is 16.1. The molecule has 5 nitrogen and oxygen atoms in total. The Morgan fingerprint density at radius 2 is 2.30 bits per heavy atom. The second-order valence-electron chi connectivity index (χ2n) is 5.14. The molecule has 1 saturated heterocycles. The number of nitrogen functional groups attached to an aromatic ring is 1. The number of hydroxylamine groups is 2. The molecule has 0 aliphatic carbocycles. The molecule has 110 valence electrons. The van der Waals surface area contributed by atoms with E-state index in [2.05, 4.69) is 5.32 Å². The van der Waals surface area contributed by atoms with Gasteiger partial charge in [0.1, 0.15) is 0 Å². The molecule has 5 heteroatoms. The summed E-state index contributed by atoms with van der Waals surface area (Å²) in [6.07, 6.45) is 3.60. The number of carbonyl (C=O) groups is 1. The maximum Gasteiger partial charge on any atom is 0.224 e. The lowest BCUT2D eigenvalue weighted by atomic mass is 10.1. The molecule has 0 radical (unpaired) electrons. The Balaban J connectivity index is 1.73. The highest BCUT2D eigenvalue weighted by Gasteiger charge is 2.11. The van der Waals surface area contributed by atoms with Gasteiger partial charge in [0.25, 0.3) is 0 Å². The molecule has 0 unspecified atom stereocenters. The van der Waals surface area contributed by atoms with E-state index >= 15 is 0 Å². The number of nitrogens with two attached hydrogens (primary N) is 1. The number of hydrogen-bond acceptors (Lipinski definition) is 4. The Morgan fingerprint density at radius 1 is 1.45 bits per heavy atom. The van der Waals surface area contributed by atoms with Crippen LogP contribution >= 0.6 is 0 Å². The van der Waals surface area contributed by atoms with Gasteiger partial charge in [-0.15, -0.1) is 0 Å². The molecule has 20 heavy (non-hydrogen) atoms. The van der Waals surface area contributed by atoms with Crippen LogP contribution in [0.5, 0.6) is 0 Å². The maximum atomic E-state index is 11.9. The highest BCUT2D eigenvalue weighted by molar-refractivity contribution is 5.92. The Hall–Kier alpha value is -1.59. The maximum absolute atomic E-state index is 11.9. The van der Waals surface area contributed by atoms with Crippen molar-refractivity contribution in [3.8, 4) is 0 Å². The van der Waals surface area contributed by atoms with Crippen LogP contribution in [-0.4, -0.2) is 30.7 Å². The van der Waals surface area contributed by atoms with Gasteiger partial charge in [-0.25, -0.2) is 0 Å². The van der Waals surface area contributed by atoms with E-state index in [1.807, 2.05) is 30.2 Å². The number of benzene rings is 1. The fourth-order valence-corrected chi connectivity index (χ4v) is 2.24. The Kier molecular flexibility index (Phi) is 5.38. The summed E-state index contributed by atoms with van der Waals surface area (Å²) in [5.41, 5.74) is 8.23. The smallest absolute Gasteiger partial charge is 0.224 e. The number of carbonyl (C=O) groups excluding carboxylic acids is 1. The molecule has 0 aromatic heterocycles. The van der Waals surface area contributed by atoms with Gasteiger partial charge < -0.3 is 11.1 Å². The monoisotopic (exact) mass is 277 g/mol. The number of anilines is 2. The molecule has 2 rings (SSSR count). The summed E-state index contributed by atoms with van der Waals surface area (Å²) >= 11 is 0. The van der Waals surface area contributed by atoms with Gasteiger partial charge in [-0.05, 0) is 43.9 Å². The van der Waals surface area contributed by atoms with Crippen LogP contribution in [0.2, 0.25) is 0 Å². The van der Waals surface area contributed by atoms with Crippen LogP contribution in [0.25, 0.3) is 0 Å². The van der Waals surface area contributed by atoms with Crippen LogP contribution < -0.4 is 11.1 Å². The van der Waals surface area contributed by atoms with E-state index in [0.717, 1.165) is 43.8 Å². The lowest BCUT2D eigenvalue weighted by Crippen LogP contribution is -2.31. The van der Waals surface area contributed by atoms with Crippen LogP contribution in [0.15, 0.2) is 18.2 Å². The number of hydrogen-bond donors (Lipinski definition) is 2. The summed E-state index contributed by atoms with van der Waals surface area (Å²) in [6, 6.07) is 5.55. The zero-order chi connectivity index (χ0) is 14.4. The molecule has 1 aromatic carbocycles. The van der Waals surface area contributed by atoms with Crippen molar-refractivity contribution in [2.75, 3.05) is 30.7 Å². The van der Waals surface area contributed by atoms with Crippen LogP contribution in [0, 0.1) is 6.92 Å². The van der Waals surface area contributed by atoms with Crippen molar-refractivity contribution in [3.63, 3.8) is 0 Å². The summed E-state index contributed by atoms with van der Waals surface area (Å²) in [4.78, 5) is 17.4. The molecule has 0 saturated carbocycles. The zero-order valence-electron chi connectivity index (χ0n) is 12.0. The average molecular weight is 277 g/mol. The van der Waals surface area contributed by atoms with Gasteiger partial charge in [0, 0.05) is 30.9 Å². The first-order valence-electron chi connectivity index (χ1n) is 7.19. The predicted molar refractivity (Wildman–Crippen MR) is 80.2 cm³/mol. The third-order valence-electron chi connectivity index (χ3n) is 3.54. The van der Waals surface area contributed by atoms with Crippen LogP contribution in [0.3, 0.4) is 0 Å². The fourth-order valence-electron chi connectivity index (χ4n) is 2.24. The van der Waals surface area contributed by atoms with Gasteiger partial charge in [-0.3, -0.25) is 9.63 Å². The Labute approximate surface area is 120 Å². The van der Waals surface area contributed by atoms with E-state index in [9.17, 15) is 4.79 Å². The largest absolute Gasteiger partial charge is 0.398 e. The van der Waals surface area contributed by atoms with Gasteiger partial charge >= 0.3 is 0 Å². The van der Waals surface area contributed by atoms with E-state index < -0.39 is 0 Å². The van der Waals surface area contributed by atoms with Crippen molar-refractivity contribution in [1.82, 2.24) is 5.06 Å². The van der Waals surface area contributed by atoms with Crippen molar-refractivity contribution in [2.24, 2.45) is 0 Å². The van der Waals surface area contributed by atoms with E-state index in [1.165, 1.54) is 6.42 Å². The number of rotatable bonds is 5. The van der Waals surface area contributed by atoms with Crippen LogP contribution in [0.4, 0.5) is 11.4 Å². The first-order chi connectivity index (χ1) is 9.66. The standard InChI is InChI=1S/C15H23N3O2/c1-12-13(16)6-4-7-14(12)17-15(19)8-5-10-18-9-2-3-11-20-18/h4,6-7H,2-3,5,8-11,16H2,1H3,(H,17,19). The molecule has 1 fully saturated rings. The van der Waals surface area contributed by atoms with Gasteiger partial charge in [0.05, 0.1) is 6.61 Å². The molecule has 1 amide bonds. The summed E-state index contributed by atoms with van der Waals surface area (Å²) in [7, 11) is 0. The zero-order valence-corrected chi connectivity index (χ0v) is 12.0. The lowest BCUT2D eigenvalue weighted by Gasteiger charge is -2.25. The first-order valence-corrected chi connectivity index (χ1v) is 7.19. The van der Waals surface area contributed by atoms with E-state index in [-0.39, 0.29) is 5.91 Å². The minimum Gasteiger partial charge on any atom is -0.398 e. The molecular formula is C15H23N3O2. The van der Waals surface area contributed by atoms with Crippen molar-refractivity contribution < 1.29 is 9.63 Å². The minimum absolute atomic E-state index is 0.0238. The second-order valence-corrected chi connectivity index (χ2v) is 5.14. The number of amides is 1. The molecule has 0 bridgehead atoms. The fraction of sp³-hybridized carbons (Fsp3) is 0.533. The summed E-state index contributed by atoms with van der Waals surface area (Å²) < 4.78 is 0. The highest BCUT2D eigenvalue weighted by Crippen LogP contribution is 2.20. The molecule has 0 atom stereocenters. The molecule has 3 N–H and O–H groups in total. The van der Waals surface area contributed by atoms with Crippen molar-refractivity contribution >= 4 is 17.3 Å². The third-order valence-corrected chi connectivity index (χ3v) is 3.54. The summed E-state index contributed by atoms with van der Waals surface area (Å²) in [5, 5.41) is 4.87. The number of nitrogens with zero attached hydrogens (tertiary/aromatic N) is 1. The first kappa shape index (κ1) is 14.8. The third kappa shape index (κ3) is 4.21. The molecule has 1 heterocycles. The van der Waals surface area contributed by atoms with Gasteiger partial charge in [0.15, 0.2) is 0 Å². The van der Waals surface area contributed by atoms with E-state index in [1.54, 1.807) is 0 Å². The Morgan fingerprint density at radius 3 is 3.05 bits per heavy atom. The number of nitrogens with one attached hydrogen (secondary N) is 1. The van der Waals surface area contributed by atoms with Crippen molar-refractivity contribution in [3.05, 3.63) is 23.8 Å². The molecule has 0 spiro atoms. The summed E-state index contributed by atoms with van der Waals surface area (Å²) in [6.45, 7) is 4.49. The van der Waals surface area contributed by atoms with E-state index in [0.29, 0.717) is 12.1 Å². The summed E-state index contributed by atoms with van der Waals surface area (Å²) in [5.74, 6) is 0.0238. The SMILES string of the molecule is Cc1c(N)cccc1NC(=O)CCCN1CCCCO1. The van der Waals surface area contributed by atoms with Crippen LogP contribution in [-0.2, 0) is 9.63 Å². The minimum atomic E-state index is 0.0238. The molecule has 1 aromatic rings. The molecular weight excluding hydrogens is 254 g/mol. The van der Waals surface area contributed by atoms with Crippen molar-refractivity contribution in [2.45, 2.75) is 32.6 Å².